The van der Waals surface area contributed by atoms with Crippen molar-refractivity contribution in [1.82, 2.24) is 15.6 Å². The van der Waals surface area contributed by atoms with Crippen LogP contribution >= 0.6 is 0 Å². The summed E-state index contributed by atoms with van der Waals surface area (Å²) in [5.74, 6) is -1.70. The molecule has 3 N–H and O–H groups in total. The van der Waals surface area contributed by atoms with Gasteiger partial charge in [-0.3, -0.25) is 9.78 Å². The Morgan fingerprint density at radius 1 is 1.19 bits per heavy atom. The lowest BCUT2D eigenvalue weighted by Gasteiger charge is -2.27. The zero-order valence-corrected chi connectivity index (χ0v) is 18.5. The van der Waals surface area contributed by atoms with Crippen LogP contribution in [0.3, 0.4) is 0 Å². The summed E-state index contributed by atoms with van der Waals surface area (Å²) in [6.07, 6.45) is 2.79. The Morgan fingerprint density at radius 3 is 2.39 bits per heavy atom. The highest BCUT2D eigenvalue weighted by molar-refractivity contribution is 5.73. The number of rotatable bonds is 8. The normalized spacial score (nSPS) is 17.1. The van der Waals surface area contributed by atoms with E-state index in [2.05, 4.69) is 42.5 Å². The number of carbonyl (C=O) groups is 1. The lowest BCUT2D eigenvalue weighted by Crippen LogP contribution is -2.49. The summed E-state index contributed by atoms with van der Waals surface area (Å²) in [5.41, 5.74) is 2.21. The molecule has 31 heavy (non-hydrogen) atoms. The monoisotopic (exact) mass is 431 g/mol. The van der Waals surface area contributed by atoms with Crippen LogP contribution in [0.1, 0.15) is 57.4 Å². The maximum Gasteiger partial charge on any atom is 0.217 e. The largest absolute Gasteiger partial charge is 0.390 e. The van der Waals surface area contributed by atoms with E-state index in [4.69, 9.17) is 0 Å². The van der Waals surface area contributed by atoms with Gasteiger partial charge in [-0.25, -0.2) is 8.78 Å². The van der Waals surface area contributed by atoms with Crippen molar-refractivity contribution in [3.63, 3.8) is 0 Å². The van der Waals surface area contributed by atoms with E-state index in [1.807, 2.05) is 12.3 Å². The molecule has 1 saturated carbocycles. The summed E-state index contributed by atoms with van der Waals surface area (Å²) >= 11 is 0. The van der Waals surface area contributed by atoms with Crippen LogP contribution in [-0.2, 0) is 22.2 Å². The van der Waals surface area contributed by atoms with E-state index < -0.39 is 23.8 Å². The van der Waals surface area contributed by atoms with Crippen LogP contribution in [-0.4, -0.2) is 34.7 Å². The molecule has 1 aromatic carbocycles. The van der Waals surface area contributed by atoms with Crippen molar-refractivity contribution in [3.05, 3.63) is 65.0 Å². The fourth-order valence-electron chi connectivity index (χ4n) is 3.78. The molecule has 0 saturated heterocycles. The first-order valence-corrected chi connectivity index (χ1v) is 10.6. The molecule has 1 aliphatic carbocycles. The summed E-state index contributed by atoms with van der Waals surface area (Å²) in [5, 5.41) is 16.9. The maximum absolute atomic E-state index is 13.5. The van der Waals surface area contributed by atoms with Gasteiger partial charge in [0.25, 0.3) is 0 Å². The van der Waals surface area contributed by atoms with Gasteiger partial charge in [0.1, 0.15) is 11.6 Å². The molecule has 1 fully saturated rings. The third-order valence-corrected chi connectivity index (χ3v) is 5.75. The Labute approximate surface area is 182 Å². The average Bonchev–Trinajstić information content (AvgIpc) is 3.45. The zero-order valence-electron chi connectivity index (χ0n) is 18.5. The Kier molecular flexibility index (Phi) is 6.76. The van der Waals surface area contributed by atoms with Gasteiger partial charge in [0.2, 0.25) is 5.91 Å². The second-order valence-corrected chi connectivity index (χ2v) is 9.50. The number of hydrogen-bond donors (Lipinski definition) is 3. The smallest absolute Gasteiger partial charge is 0.217 e. The molecule has 3 rings (SSSR count). The van der Waals surface area contributed by atoms with Crippen molar-refractivity contribution >= 4 is 5.91 Å². The number of aliphatic hydroxyl groups is 1. The molecule has 168 valence electrons. The SMILES string of the molecule is CC(=O)N[C@@H](Cc1cc(F)cc(F)c1)[C@H](O)CNC1(c2cc(C(C)(C)C)ccn2)CC1. The van der Waals surface area contributed by atoms with Crippen LogP contribution < -0.4 is 10.6 Å². The third kappa shape index (κ3) is 6.08. The maximum atomic E-state index is 13.5. The molecule has 1 aromatic heterocycles. The number of hydrogen-bond acceptors (Lipinski definition) is 4. The second-order valence-electron chi connectivity index (χ2n) is 9.50. The van der Waals surface area contributed by atoms with E-state index >= 15 is 0 Å². The van der Waals surface area contributed by atoms with E-state index in [-0.39, 0.29) is 29.8 Å². The predicted molar refractivity (Wildman–Crippen MR) is 116 cm³/mol. The van der Waals surface area contributed by atoms with Gasteiger partial charge >= 0.3 is 0 Å². The zero-order chi connectivity index (χ0) is 22.8. The lowest BCUT2D eigenvalue weighted by atomic mass is 9.86. The van der Waals surface area contributed by atoms with E-state index in [1.54, 1.807) is 0 Å². The lowest BCUT2D eigenvalue weighted by molar-refractivity contribution is -0.120. The molecular formula is C24H31F2N3O2. The second kappa shape index (κ2) is 9.01. The topological polar surface area (TPSA) is 74.2 Å². The fourth-order valence-corrected chi connectivity index (χ4v) is 3.78. The van der Waals surface area contributed by atoms with Gasteiger partial charge < -0.3 is 15.7 Å². The van der Waals surface area contributed by atoms with Gasteiger partial charge in [0.15, 0.2) is 0 Å². The van der Waals surface area contributed by atoms with Gasteiger partial charge in [-0.15, -0.1) is 0 Å². The average molecular weight is 432 g/mol. The molecular weight excluding hydrogens is 400 g/mol. The van der Waals surface area contributed by atoms with E-state index in [0.29, 0.717) is 5.56 Å². The highest BCUT2D eigenvalue weighted by atomic mass is 19.1. The van der Waals surface area contributed by atoms with Crippen LogP contribution in [0.5, 0.6) is 0 Å². The minimum Gasteiger partial charge on any atom is -0.390 e. The number of nitrogens with one attached hydrogen (secondary N) is 2. The highest BCUT2D eigenvalue weighted by Crippen LogP contribution is 2.45. The van der Waals surface area contributed by atoms with Gasteiger partial charge in [-0.2, -0.15) is 0 Å². The summed E-state index contributed by atoms with van der Waals surface area (Å²) in [7, 11) is 0. The molecule has 5 nitrogen and oxygen atoms in total. The van der Waals surface area contributed by atoms with Crippen LogP contribution in [0.25, 0.3) is 0 Å². The number of aliphatic hydroxyl groups excluding tert-OH is 1. The van der Waals surface area contributed by atoms with Gasteiger partial charge in [-0.05, 0) is 60.1 Å². The molecule has 1 amide bonds. The van der Waals surface area contributed by atoms with Crippen molar-refractivity contribution in [3.8, 4) is 0 Å². The minimum atomic E-state index is -0.946. The number of amides is 1. The number of aromatic nitrogens is 1. The molecule has 2 aromatic rings. The predicted octanol–water partition coefficient (Wildman–Crippen LogP) is 3.34. The van der Waals surface area contributed by atoms with E-state index in [9.17, 15) is 18.7 Å². The molecule has 0 unspecified atom stereocenters. The number of pyridine rings is 1. The first kappa shape index (κ1) is 23.3. The number of halogens is 2. The first-order valence-electron chi connectivity index (χ1n) is 10.6. The standard InChI is InChI=1S/C24H31F2N3O2/c1-15(30)29-20(11-16-9-18(25)13-19(26)10-16)21(31)14-28-24(6-7-24)22-12-17(5-8-27-22)23(2,3)4/h5,8-10,12-13,20-21,28,31H,6-7,11,14H2,1-4H3,(H,29,30)/t20-,21+/m0/s1. The molecule has 2 atom stereocenters. The van der Waals surface area contributed by atoms with Crippen molar-refractivity contribution in [2.75, 3.05) is 6.54 Å². The molecule has 1 heterocycles. The molecule has 0 spiro atoms. The highest BCUT2D eigenvalue weighted by Gasteiger charge is 2.46. The van der Waals surface area contributed by atoms with Crippen molar-refractivity contribution in [1.29, 1.82) is 0 Å². The quantitative estimate of drug-likeness (QED) is 0.599. The molecule has 1 aliphatic rings. The van der Waals surface area contributed by atoms with Crippen molar-refractivity contribution in [2.24, 2.45) is 0 Å². The Hall–Kier alpha value is -2.38. The number of benzene rings is 1. The van der Waals surface area contributed by atoms with Crippen LogP contribution in [0.15, 0.2) is 36.5 Å². The summed E-state index contributed by atoms with van der Waals surface area (Å²) < 4.78 is 27.1. The first-order chi connectivity index (χ1) is 14.5. The Bertz CT molecular complexity index is 918. The molecule has 0 radical (unpaired) electrons. The number of carbonyl (C=O) groups excluding carboxylic acids is 1. The Morgan fingerprint density at radius 2 is 1.84 bits per heavy atom. The summed E-state index contributed by atoms with van der Waals surface area (Å²) in [6, 6.07) is 6.65. The van der Waals surface area contributed by atoms with E-state index in [0.717, 1.165) is 24.6 Å². The van der Waals surface area contributed by atoms with Gasteiger partial charge in [0, 0.05) is 25.7 Å². The van der Waals surface area contributed by atoms with Gasteiger partial charge in [0.05, 0.1) is 23.4 Å². The number of nitrogens with zero attached hydrogens (tertiary/aromatic N) is 1. The van der Waals surface area contributed by atoms with Crippen LogP contribution in [0.4, 0.5) is 8.78 Å². The summed E-state index contributed by atoms with van der Waals surface area (Å²) in [6.45, 7) is 8.01. The van der Waals surface area contributed by atoms with Gasteiger partial charge in [-0.1, -0.05) is 20.8 Å². The van der Waals surface area contributed by atoms with Crippen molar-refractivity contribution in [2.45, 2.75) is 70.1 Å². The van der Waals surface area contributed by atoms with Crippen LogP contribution in [0.2, 0.25) is 0 Å². The third-order valence-electron chi connectivity index (χ3n) is 5.75. The van der Waals surface area contributed by atoms with E-state index in [1.165, 1.54) is 24.6 Å². The van der Waals surface area contributed by atoms with Crippen LogP contribution in [0, 0.1) is 11.6 Å². The minimum absolute atomic E-state index is 0.00399. The molecule has 0 aliphatic heterocycles. The fraction of sp³-hybridized carbons (Fsp3) is 0.500. The Balaban J connectivity index is 1.70. The summed E-state index contributed by atoms with van der Waals surface area (Å²) in [4.78, 5) is 16.2. The van der Waals surface area contributed by atoms with Crippen molar-refractivity contribution < 1.29 is 18.7 Å². The molecule has 0 bridgehead atoms. The molecule has 7 heteroatoms.